The average molecular weight is 349 g/mol. The Morgan fingerprint density at radius 1 is 0.960 bits per heavy atom. The molecule has 1 heterocycles. The van der Waals surface area contributed by atoms with Crippen LogP contribution in [0.15, 0.2) is 76.6 Å². The first-order valence-electron chi connectivity index (χ1n) is 7.61. The van der Waals surface area contributed by atoms with E-state index in [-0.39, 0.29) is 28.5 Å². The zero-order valence-corrected chi connectivity index (χ0v) is 13.8. The summed E-state index contributed by atoms with van der Waals surface area (Å²) < 4.78 is 14.1. The van der Waals surface area contributed by atoms with E-state index in [0.29, 0.717) is 16.0 Å². The van der Waals surface area contributed by atoms with Gasteiger partial charge in [0.1, 0.15) is 11.6 Å². The molecule has 1 aliphatic carbocycles. The molecule has 0 saturated carbocycles. The number of benzene rings is 2. The van der Waals surface area contributed by atoms with Crippen molar-refractivity contribution in [2.45, 2.75) is 0 Å². The highest BCUT2D eigenvalue weighted by molar-refractivity contribution is 7.12. The summed E-state index contributed by atoms with van der Waals surface area (Å²) in [6, 6.07) is 16.6. The molecule has 5 heteroatoms. The topological polar surface area (TPSA) is 49.7 Å². The normalized spacial score (nSPS) is 14.1. The number of carbonyl (C=O) groups is 1. The Labute approximate surface area is 147 Å². The number of aliphatic hydroxyl groups excluding tert-OH is 1. The highest BCUT2D eigenvalue weighted by Gasteiger charge is 2.33. The van der Waals surface area contributed by atoms with Crippen LogP contribution >= 0.6 is 11.3 Å². The average Bonchev–Trinajstić information content (AvgIpc) is 3.24. The summed E-state index contributed by atoms with van der Waals surface area (Å²) in [5.74, 6) is -0.916. The highest BCUT2D eigenvalue weighted by Crippen LogP contribution is 2.35. The van der Waals surface area contributed by atoms with Crippen molar-refractivity contribution in [1.82, 2.24) is 0 Å². The molecule has 1 N–H and O–H groups in total. The second-order valence-electron chi connectivity index (χ2n) is 5.49. The Morgan fingerprint density at radius 3 is 2.36 bits per heavy atom. The summed E-state index contributed by atoms with van der Waals surface area (Å²) >= 11 is 1.38. The number of Topliss-reactive ketones (excluding diaryl/α,β-unsaturated/α-hetero) is 1. The number of hydrogen-bond donors (Lipinski definition) is 1. The first-order valence-corrected chi connectivity index (χ1v) is 8.49. The molecule has 122 valence electrons. The van der Waals surface area contributed by atoms with Gasteiger partial charge in [-0.15, -0.1) is 11.3 Å². The number of aliphatic imine (C=N–C) groups is 1. The summed E-state index contributed by atoms with van der Waals surface area (Å²) in [4.78, 5) is 17.9. The van der Waals surface area contributed by atoms with Crippen molar-refractivity contribution in [3.8, 4) is 0 Å². The molecule has 1 aliphatic rings. The molecule has 2 aromatic carbocycles. The fourth-order valence-corrected chi connectivity index (χ4v) is 3.51. The standard InChI is InChI=1S/C20H12FNO2S/c21-14-8-3-4-9-15(14)22-18(16-10-5-11-25-16)17-19(23)12-6-1-2-7-13(12)20(17)24/h1-11,23H. The Morgan fingerprint density at radius 2 is 1.68 bits per heavy atom. The number of ketones is 1. The number of aliphatic hydroxyl groups is 1. The summed E-state index contributed by atoms with van der Waals surface area (Å²) in [5.41, 5.74) is 1.40. The third-order valence-corrected chi connectivity index (χ3v) is 4.84. The monoisotopic (exact) mass is 349 g/mol. The number of thiophene rings is 1. The molecule has 0 bridgehead atoms. The SMILES string of the molecule is O=C1C(C(=Nc2ccccc2F)c2cccs2)=C(O)c2ccccc21. The zero-order valence-electron chi connectivity index (χ0n) is 12.9. The number of nitrogens with zero attached hydrogens (tertiary/aromatic N) is 1. The molecule has 0 aliphatic heterocycles. The number of carbonyl (C=O) groups excluding carboxylic acids is 1. The van der Waals surface area contributed by atoms with Crippen LogP contribution in [0, 0.1) is 5.82 Å². The van der Waals surface area contributed by atoms with E-state index in [4.69, 9.17) is 0 Å². The van der Waals surface area contributed by atoms with Gasteiger partial charge in [-0.25, -0.2) is 9.38 Å². The van der Waals surface area contributed by atoms with Gasteiger partial charge in [0.25, 0.3) is 0 Å². The number of halogens is 1. The van der Waals surface area contributed by atoms with E-state index < -0.39 is 5.82 Å². The molecule has 3 aromatic rings. The molecule has 0 saturated heterocycles. The van der Waals surface area contributed by atoms with Crippen molar-refractivity contribution >= 4 is 34.3 Å². The summed E-state index contributed by atoms with van der Waals surface area (Å²) in [6.45, 7) is 0. The molecule has 1 aromatic heterocycles. The Hall–Kier alpha value is -3.05. The van der Waals surface area contributed by atoms with Gasteiger partial charge in [-0.3, -0.25) is 4.79 Å². The van der Waals surface area contributed by atoms with E-state index in [9.17, 15) is 14.3 Å². The molecular weight excluding hydrogens is 337 g/mol. The predicted molar refractivity (Wildman–Crippen MR) is 97.2 cm³/mol. The zero-order chi connectivity index (χ0) is 17.4. The Balaban J connectivity index is 1.94. The van der Waals surface area contributed by atoms with Gasteiger partial charge in [-0.1, -0.05) is 42.5 Å². The maximum atomic E-state index is 14.1. The number of para-hydroxylation sites is 1. The minimum Gasteiger partial charge on any atom is -0.506 e. The maximum absolute atomic E-state index is 14.1. The van der Waals surface area contributed by atoms with Gasteiger partial charge in [0.15, 0.2) is 5.78 Å². The smallest absolute Gasteiger partial charge is 0.199 e. The predicted octanol–water partition coefficient (Wildman–Crippen LogP) is 5.17. The van der Waals surface area contributed by atoms with E-state index in [1.54, 1.807) is 42.5 Å². The molecular formula is C20H12FNO2S. The lowest BCUT2D eigenvalue weighted by Gasteiger charge is -2.06. The van der Waals surface area contributed by atoms with E-state index in [1.807, 2.05) is 11.4 Å². The van der Waals surface area contributed by atoms with Gasteiger partial charge in [0.2, 0.25) is 0 Å². The fourth-order valence-electron chi connectivity index (χ4n) is 2.79. The third kappa shape index (κ3) is 2.58. The van der Waals surface area contributed by atoms with E-state index in [0.717, 1.165) is 0 Å². The van der Waals surface area contributed by atoms with Crippen LogP contribution in [0.2, 0.25) is 0 Å². The van der Waals surface area contributed by atoms with Crippen LogP contribution < -0.4 is 0 Å². The van der Waals surface area contributed by atoms with E-state index in [2.05, 4.69) is 4.99 Å². The lowest BCUT2D eigenvalue weighted by atomic mass is 10.0. The van der Waals surface area contributed by atoms with Crippen molar-refractivity contribution in [3.63, 3.8) is 0 Å². The molecule has 25 heavy (non-hydrogen) atoms. The number of allylic oxidation sites excluding steroid dienone is 1. The van der Waals surface area contributed by atoms with Crippen LogP contribution in [-0.4, -0.2) is 16.6 Å². The van der Waals surface area contributed by atoms with Crippen LogP contribution in [0.25, 0.3) is 5.76 Å². The van der Waals surface area contributed by atoms with Crippen LogP contribution in [0.3, 0.4) is 0 Å². The van der Waals surface area contributed by atoms with Crippen molar-refractivity contribution in [3.05, 3.63) is 93.4 Å². The van der Waals surface area contributed by atoms with Crippen molar-refractivity contribution in [1.29, 1.82) is 0 Å². The van der Waals surface area contributed by atoms with Crippen LogP contribution in [0.1, 0.15) is 20.8 Å². The fraction of sp³-hybridized carbons (Fsp3) is 0. The van der Waals surface area contributed by atoms with Crippen LogP contribution in [-0.2, 0) is 0 Å². The lowest BCUT2D eigenvalue weighted by molar-refractivity contribution is 0.104. The maximum Gasteiger partial charge on any atom is 0.199 e. The van der Waals surface area contributed by atoms with Crippen molar-refractivity contribution in [2.24, 2.45) is 4.99 Å². The second kappa shape index (κ2) is 6.11. The van der Waals surface area contributed by atoms with Gasteiger partial charge in [-0.2, -0.15) is 0 Å². The number of fused-ring (bicyclic) bond motifs is 1. The Kier molecular flexibility index (Phi) is 3.78. The third-order valence-electron chi connectivity index (χ3n) is 3.97. The number of hydrogen-bond acceptors (Lipinski definition) is 4. The molecule has 3 nitrogen and oxygen atoms in total. The minimum atomic E-state index is -0.486. The first-order chi connectivity index (χ1) is 12.2. The quantitative estimate of drug-likeness (QED) is 0.663. The largest absolute Gasteiger partial charge is 0.506 e. The van der Waals surface area contributed by atoms with Gasteiger partial charge in [-0.05, 0) is 23.6 Å². The molecule has 4 rings (SSSR count). The molecule has 0 atom stereocenters. The molecule has 0 unspecified atom stereocenters. The summed E-state index contributed by atoms with van der Waals surface area (Å²) in [5, 5.41) is 12.5. The number of rotatable bonds is 3. The van der Waals surface area contributed by atoms with E-state index in [1.165, 1.54) is 23.5 Å². The van der Waals surface area contributed by atoms with E-state index >= 15 is 0 Å². The van der Waals surface area contributed by atoms with Crippen LogP contribution in [0.5, 0.6) is 0 Å². The van der Waals surface area contributed by atoms with Crippen molar-refractivity contribution in [2.75, 3.05) is 0 Å². The van der Waals surface area contributed by atoms with Gasteiger partial charge < -0.3 is 5.11 Å². The van der Waals surface area contributed by atoms with Crippen molar-refractivity contribution < 1.29 is 14.3 Å². The molecule has 0 spiro atoms. The van der Waals surface area contributed by atoms with Crippen LogP contribution in [0.4, 0.5) is 10.1 Å². The Bertz CT molecular complexity index is 1040. The molecule has 0 amide bonds. The summed E-state index contributed by atoms with van der Waals surface area (Å²) in [7, 11) is 0. The lowest BCUT2D eigenvalue weighted by Crippen LogP contribution is -2.11. The van der Waals surface area contributed by atoms with Gasteiger partial charge in [0.05, 0.1) is 21.8 Å². The molecule has 0 fully saturated rings. The minimum absolute atomic E-state index is 0.104. The van der Waals surface area contributed by atoms with Gasteiger partial charge in [0, 0.05) is 11.1 Å². The second-order valence-corrected chi connectivity index (χ2v) is 6.44. The highest BCUT2D eigenvalue weighted by atomic mass is 32.1. The van der Waals surface area contributed by atoms with Gasteiger partial charge >= 0.3 is 0 Å². The molecule has 0 radical (unpaired) electrons. The summed E-state index contributed by atoms with van der Waals surface area (Å²) in [6.07, 6.45) is 0. The first kappa shape index (κ1) is 15.5.